The summed E-state index contributed by atoms with van der Waals surface area (Å²) in [7, 11) is 0. The van der Waals surface area contributed by atoms with Gasteiger partial charge in [-0.2, -0.15) is 0 Å². The molecule has 2 bridgehead atoms. The first kappa shape index (κ1) is 13.8. The minimum Gasteiger partial charge on any atom is -0.313 e. The van der Waals surface area contributed by atoms with Gasteiger partial charge in [-0.3, -0.25) is 0 Å². The second-order valence-electron chi connectivity index (χ2n) is 7.74. The van der Waals surface area contributed by atoms with E-state index in [9.17, 15) is 0 Å². The highest BCUT2D eigenvalue weighted by Gasteiger charge is 2.42. The monoisotopic (exact) mass is 283 g/mol. The molecule has 1 N–H and O–H groups in total. The van der Waals surface area contributed by atoms with Gasteiger partial charge in [0, 0.05) is 12.0 Å². The first-order chi connectivity index (χ1) is 10.3. The summed E-state index contributed by atoms with van der Waals surface area (Å²) in [6.07, 6.45) is 10.1. The van der Waals surface area contributed by atoms with Gasteiger partial charge in [-0.25, -0.2) is 0 Å². The van der Waals surface area contributed by atoms with Crippen LogP contribution in [0.4, 0.5) is 0 Å². The number of fused-ring (bicyclic) bond motifs is 3. The van der Waals surface area contributed by atoms with Gasteiger partial charge in [-0.1, -0.05) is 37.6 Å². The smallest absolute Gasteiger partial charge is 0.0142 e. The fourth-order valence-electron chi connectivity index (χ4n) is 5.37. The highest BCUT2D eigenvalue weighted by atomic mass is 14.9. The normalized spacial score (nSPS) is 34.5. The predicted octanol–water partition coefficient (Wildman–Crippen LogP) is 4.52. The maximum atomic E-state index is 3.90. The van der Waals surface area contributed by atoms with E-state index < -0.39 is 0 Å². The molecule has 0 aromatic heterocycles. The number of hydrogen-bond donors (Lipinski definition) is 1. The maximum Gasteiger partial charge on any atom is 0.0142 e. The van der Waals surface area contributed by atoms with Crippen molar-refractivity contribution in [3.8, 4) is 0 Å². The Morgan fingerprint density at radius 1 is 1.19 bits per heavy atom. The molecule has 1 heteroatoms. The molecule has 0 heterocycles. The van der Waals surface area contributed by atoms with E-state index in [0.717, 1.165) is 29.7 Å². The molecular weight excluding hydrogens is 254 g/mol. The summed E-state index contributed by atoms with van der Waals surface area (Å²) in [6, 6.07) is 9.83. The Kier molecular flexibility index (Phi) is 3.79. The van der Waals surface area contributed by atoms with E-state index in [0.29, 0.717) is 0 Å². The molecule has 1 nitrogen and oxygen atoms in total. The van der Waals surface area contributed by atoms with Crippen LogP contribution in [0.1, 0.15) is 62.5 Å². The Morgan fingerprint density at radius 2 is 2.10 bits per heavy atom. The Morgan fingerprint density at radius 3 is 2.81 bits per heavy atom. The van der Waals surface area contributed by atoms with E-state index in [1.54, 1.807) is 17.5 Å². The predicted molar refractivity (Wildman–Crippen MR) is 88.5 cm³/mol. The molecule has 0 saturated heterocycles. The van der Waals surface area contributed by atoms with Crippen LogP contribution in [0, 0.1) is 17.8 Å². The van der Waals surface area contributed by atoms with Crippen molar-refractivity contribution in [2.24, 2.45) is 17.8 Å². The van der Waals surface area contributed by atoms with Gasteiger partial charge in [0.05, 0.1) is 0 Å². The number of hydrogen-bond acceptors (Lipinski definition) is 1. The van der Waals surface area contributed by atoms with E-state index in [4.69, 9.17) is 0 Å². The third-order valence-corrected chi connectivity index (χ3v) is 6.48. The van der Waals surface area contributed by atoms with Gasteiger partial charge >= 0.3 is 0 Å². The molecular formula is C20H29N. The molecule has 21 heavy (non-hydrogen) atoms. The summed E-state index contributed by atoms with van der Waals surface area (Å²) < 4.78 is 0. The number of nitrogens with one attached hydrogen (secondary N) is 1. The molecule has 3 aliphatic rings. The second-order valence-corrected chi connectivity index (χ2v) is 7.74. The van der Waals surface area contributed by atoms with E-state index in [1.807, 2.05) is 0 Å². The van der Waals surface area contributed by atoms with E-state index >= 15 is 0 Å². The lowest BCUT2D eigenvalue weighted by atomic mass is 9.70. The number of rotatable bonds is 6. The number of benzene rings is 1. The van der Waals surface area contributed by atoms with E-state index in [2.05, 4.69) is 36.5 Å². The Hall–Kier alpha value is -0.820. The van der Waals surface area contributed by atoms with Crippen LogP contribution < -0.4 is 5.32 Å². The van der Waals surface area contributed by atoms with Gasteiger partial charge in [0.1, 0.15) is 0 Å². The average Bonchev–Trinajstić information content (AvgIpc) is 3.08. The maximum absolute atomic E-state index is 3.90. The zero-order valence-corrected chi connectivity index (χ0v) is 13.4. The quantitative estimate of drug-likeness (QED) is 0.809. The second kappa shape index (κ2) is 5.76. The lowest BCUT2D eigenvalue weighted by Crippen LogP contribution is -2.42. The standard InChI is InChI=1S/C20H29N/c1-2-9-21-20(13-17-11-14-7-8-15(17)10-14)19-12-16-5-3-4-6-18(16)19/h3-6,14-15,17,19-21H,2,7-13H2,1H3. The molecule has 4 rings (SSSR count). The van der Waals surface area contributed by atoms with Crippen LogP contribution in [0.3, 0.4) is 0 Å². The van der Waals surface area contributed by atoms with Gasteiger partial charge < -0.3 is 5.32 Å². The molecule has 5 unspecified atom stereocenters. The molecule has 0 spiro atoms. The van der Waals surface area contributed by atoms with Crippen molar-refractivity contribution in [2.75, 3.05) is 6.54 Å². The van der Waals surface area contributed by atoms with Gasteiger partial charge in [0.25, 0.3) is 0 Å². The molecule has 1 aromatic carbocycles. The molecule has 0 radical (unpaired) electrons. The van der Waals surface area contributed by atoms with Crippen LogP contribution in [0.15, 0.2) is 24.3 Å². The summed E-state index contributed by atoms with van der Waals surface area (Å²) in [6.45, 7) is 3.47. The molecule has 0 amide bonds. The van der Waals surface area contributed by atoms with Crippen LogP contribution in [-0.2, 0) is 6.42 Å². The molecule has 114 valence electrons. The molecule has 5 atom stereocenters. The lowest BCUT2D eigenvalue weighted by Gasteiger charge is -2.39. The van der Waals surface area contributed by atoms with Gasteiger partial charge in [-0.15, -0.1) is 0 Å². The largest absolute Gasteiger partial charge is 0.313 e. The lowest BCUT2D eigenvalue weighted by molar-refractivity contribution is 0.252. The van der Waals surface area contributed by atoms with Crippen LogP contribution in [0.5, 0.6) is 0 Å². The van der Waals surface area contributed by atoms with E-state index in [1.165, 1.54) is 45.1 Å². The third-order valence-electron chi connectivity index (χ3n) is 6.48. The van der Waals surface area contributed by atoms with Crippen molar-refractivity contribution in [1.29, 1.82) is 0 Å². The first-order valence-electron chi connectivity index (χ1n) is 9.16. The van der Waals surface area contributed by atoms with Crippen LogP contribution in [-0.4, -0.2) is 12.6 Å². The van der Waals surface area contributed by atoms with Crippen molar-refractivity contribution in [3.63, 3.8) is 0 Å². The first-order valence-corrected chi connectivity index (χ1v) is 9.16. The van der Waals surface area contributed by atoms with Crippen molar-refractivity contribution < 1.29 is 0 Å². The molecule has 1 aromatic rings. The summed E-state index contributed by atoms with van der Waals surface area (Å²) >= 11 is 0. The Bertz CT molecular complexity index is 494. The third kappa shape index (κ3) is 2.54. The summed E-state index contributed by atoms with van der Waals surface area (Å²) in [4.78, 5) is 0. The van der Waals surface area contributed by atoms with Crippen LogP contribution in [0.2, 0.25) is 0 Å². The highest BCUT2D eigenvalue weighted by molar-refractivity contribution is 5.41. The topological polar surface area (TPSA) is 12.0 Å². The zero-order chi connectivity index (χ0) is 14.2. The minimum atomic E-state index is 0.726. The molecule has 2 fully saturated rings. The summed E-state index contributed by atoms with van der Waals surface area (Å²) in [5.41, 5.74) is 3.23. The zero-order valence-electron chi connectivity index (χ0n) is 13.4. The van der Waals surface area contributed by atoms with Crippen LogP contribution in [0.25, 0.3) is 0 Å². The van der Waals surface area contributed by atoms with Crippen molar-refractivity contribution in [1.82, 2.24) is 5.32 Å². The van der Waals surface area contributed by atoms with Crippen molar-refractivity contribution >= 4 is 0 Å². The van der Waals surface area contributed by atoms with Gasteiger partial charge in [0.15, 0.2) is 0 Å². The fraction of sp³-hybridized carbons (Fsp3) is 0.700. The van der Waals surface area contributed by atoms with Crippen molar-refractivity contribution in [2.45, 2.75) is 63.8 Å². The van der Waals surface area contributed by atoms with Gasteiger partial charge in [-0.05, 0) is 74.0 Å². The van der Waals surface area contributed by atoms with Gasteiger partial charge in [0.2, 0.25) is 0 Å². The van der Waals surface area contributed by atoms with Crippen LogP contribution >= 0.6 is 0 Å². The Labute approximate surface area is 129 Å². The SMILES string of the molecule is CCCNC(CC1CC2CCC1C2)C1Cc2ccccc21. The molecule has 0 aliphatic heterocycles. The summed E-state index contributed by atoms with van der Waals surface area (Å²) in [5, 5.41) is 3.90. The Balaban J connectivity index is 1.45. The molecule has 2 saturated carbocycles. The van der Waals surface area contributed by atoms with E-state index in [-0.39, 0.29) is 0 Å². The summed E-state index contributed by atoms with van der Waals surface area (Å²) in [5.74, 6) is 3.95. The average molecular weight is 283 g/mol. The van der Waals surface area contributed by atoms with Crippen molar-refractivity contribution in [3.05, 3.63) is 35.4 Å². The minimum absolute atomic E-state index is 0.726. The highest BCUT2D eigenvalue weighted by Crippen LogP contribution is 2.51. The molecule has 3 aliphatic carbocycles. The fourth-order valence-corrected chi connectivity index (χ4v) is 5.37.